The summed E-state index contributed by atoms with van der Waals surface area (Å²) in [5.74, 6) is -0.819. The quantitative estimate of drug-likeness (QED) is 0.752. The third-order valence-electron chi connectivity index (χ3n) is 1.28. The molecule has 1 heterocycles. The predicted octanol–water partition coefficient (Wildman–Crippen LogP) is 1.12. The van der Waals surface area contributed by atoms with E-state index in [0.29, 0.717) is 10.2 Å². The zero-order valence-electron chi connectivity index (χ0n) is 6.87. The van der Waals surface area contributed by atoms with E-state index in [0.717, 1.165) is 0 Å². The molecule has 0 spiro atoms. The van der Waals surface area contributed by atoms with Gasteiger partial charge in [0.2, 0.25) is 5.91 Å². The van der Waals surface area contributed by atoms with Crippen LogP contribution in [0.15, 0.2) is 22.9 Å². The number of halogens is 1. The molecular formula is C8H7BrN2O2. The highest BCUT2D eigenvalue weighted by Crippen LogP contribution is 2.05. The van der Waals surface area contributed by atoms with Gasteiger partial charge in [0.15, 0.2) is 0 Å². The van der Waals surface area contributed by atoms with Crippen molar-refractivity contribution < 1.29 is 9.59 Å². The summed E-state index contributed by atoms with van der Waals surface area (Å²) in [6, 6.07) is 3.21. The van der Waals surface area contributed by atoms with E-state index in [-0.39, 0.29) is 5.91 Å². The maximum atomic E-state index is 11.2. The number of rotatable bonds is 1. The van der Waals surface area contributed by atoms with Gasteiger partial charge in [-0.3, -0.25) is 14.9 Å². The first-order chi connectivity index (χ1) is 6.09. The molecule has 1 aromatic heterocycles. The zero-order chi connectivity index (χ0) is 9.84. The normalized spacial score (nSPS) is 9.38. The summed E-state index contributed by atoms with van der Waals surface area (Å²) in [5, 5.41) is 2.15. The summed E-state index contributed by atoms with van der Waals surface area (Å²) in [6.07, 6.45) is 1.39. The van der Waals surface area contributed by atoms with Crippen LogP contribution in [-0.4, -0.2) is 16.8 Å². The Kier molecular flexibility index (Phi) is 3.13. The first kappa shape index (κ1) is 9.85. The molecule has 0 saturated heterocycles. The molecule has 68 valence electrons. The Bertz CT molecular complexity index is 335. The minimum absolute atomic E-state index is 0.360. The van der Waals surface area contributed by atoms with Crippen LogP contribution < -0.4 is 5.32 Å². The Labute approximate surface area is 83.5 Å². The second-order valence-electron chi connectivity index (χ2n) is 2.38. The minimum Gasteiger partial charge on any atom is -0.293 e. The Morgan fingerprint density at radius 1 is 1.46 bits per heavy atom. The van der Waals surface area contributed by atoms with Gasteiger partial charge in [-0.2, -0.15) is 0 Å². The van der Waals surface area contributed by atoms with Gasteiger partial charge in [-0.15, -0.1) is 0 Å². The number of aromatic nitrogens is 1. The molecule has 0 radical (unpaired) electrons. The predicted molar refractivity (Wildman–Crippen MR) is 50.1 cm³/mol. The number of carbonyl (C=O) groups is 2. The van der Waals surface area contributed by atoms with Crippen molar-refractivity contribution in [3.8, 4) is 0 Å². The van der Waals surface area contributed by atoms with Crippen LogP contribution in [0.1, 0.15) is 17.3 Å². The van der Waals surface area contributed by atoms with Crippen molar-refractivity contribution in [2.75, 3.05) is 0 Å². The molecule has 5 heteroatoms. The first-order valence-electron chi connectivity index (χ1n) is 3.53. The van der Waals surface area contributed by atoms with Gasteiger partial charge in [0.25, 0.3) is 5.91 Å². The third-order valence-corrected chi connectivity index (χ3v) is 1.75. The number of imide groups is 1. The number of hydrogen-bond donors (Lipinski definition) is 1. The Hall–Kier alpha value is -1.23. The number of hydrogen-bond acceptors (Lipinski definition) is 3. The van der Waals surface area contributed by atoms with E-state index in [2.05, 4.69) is 26.2 Å². The Balaban J connectivity index is 2.78. The molecule has 0 saturated carbocycles. The van der Waals surface area contributed by atoms with Gasteiger partial charge in [-0.05, 0) is 28.1 Å². The summed E-state index contributed by atoms with van der Waals surface area (Å²) in [4.78, 5) is 25.6. The van der Waals surface area contributed by atoms with E-state index in [1.54, 1.807) is 12.1 Å². The molecule has 0 aromatic carbocycles. The molecule has 0 aliphatic heterocycles. The van der Waals surface area contributed by atoms with Gasteiger partial charge in [0, 0.05) is 13.1 Å². The molecule has 4 nitrogen and oxygen atoms in total. The molecule has 0 fully saturated rings. The minimum atomic E-state index is -0.437. The van der Waals surface area contributed by atoms with Crippen molar-refractivity contribution in [2.45, 2.75) is 6.92 Å². The van der Waals surface area contributed by atoms with Crippen LogP contribution in [-0.2, 0) is 4.79 Å². The van der Waals surface area contributed by atoms with Crippen LogP contribution in [0.5, 0.6) is 0 Å². The van der Waals surface area contributed by atoms with E-state index in [1.807, 2.05) is 0 Å². The number of amides is 2. The summed E-state index contributed by atoms with van der Waals surface area (Å²) >= 11 is 3.14. The average molecular weight is 243 g/mol. The van der Waals surface area contributed by atoms with Crippen LogP contribution >= 0.6 is 15.9 Å². The van der Waals surface area contributed by atoms with Crippen molar-refractivity contribution in [1.82, 2.24) is 10.3 Å². The highest BCUT2D eigenvalue weighted by molar-refractivity contribution is 9.10. The maximum absolute atomic E-state index is 11.2. The first-order valence-corrected chi connectivity index (χ1v) is 4.32. The van der Waals surface area contributed by atoms with Gasteiger partial charge >= 0.3 is 0 Å². The molecule has 1 rings (SSSR count). The molecule has 1 aromatic rings. The fourth-order valence-corrected chi connectivity index (χ4v) is 0.977. The molecule has 0 aliphatic carbocycles. The lowest BCUT2D eigenvalue weighted by Crippen LogP contribution is -2.27. The molecule has 0 aliphatic rings. The molecular weight excluding hydrogens is 236 g/mol. The average Bonchev–Trinajstić information content (AvgIpc) is 2.04. The highest BCUT2D eigenvalue weighted by Gasteiger charge is 2.06. The lowest BCUT2D eigenvalue weighted by atomic mass is 10.3. The summed E-state index contributed by atoms with van der Waals surface area (Å²) in [6.45, 7) is 1.28. The molecule has 0 unspecified atom stereocenters. The zero-order valence-corrected chi connectivity index (χ0v) is 8.46. The van der Waals surface area contributed by atoms with Crippen molar-refractivity contribution in [3.63, 3.8) is 0 Å². The highest BCUT2D eigenvalue weighted by atomic mass is 79.9. The van der Waals surface area contributed by atoms with Gasteiger partial charge in [0.05, 0.1) is 5.56 Å². The fourth-order valence-electron chi connectivity index (χ4n) is 0.742. The van der Waals surface area contributed by atoms with E-state index in [9.17, 15) is 9.59 Å². The topological polar surface area (TPSA) is 59.1 Å². The third kappa shape index (κ3) is 2.95. The molecule has 0 atom stereocenters. The number of nitrogens with zero attached hydrogens (tertiary/aromatic N) is 1. The summed E-state index contributed by atoms with van der Waals surface area (Å²) < 4.78 is 0.645. The van der Waals surface area contributed by atoms with Crippen molar-refractivity contribution in [3.05, 3.63) is 28.5 Å². The van der Waals surface area contributed by atoms with Crippen molar-refractivity contribution in [1.29, 1.82) is 0 Å². The van der Waals surface area contributed by atoms with E-state index < -0.39 is 5.91 Å². The SMILES string of the molecule is CC(=O)NC(=O)c1ccc(Br)nc1. The van der Waals surface area contributed by atoms with E-state index in [1.165, 1.54) is 13.1 Å². The van der Waals surface area contributed by atoms with Gasteiger partial charge in [0.1, 0.15) is 4.60 Å². The smallest absolute Gasteiger partial charge is 0.259 e. The fraction of sp³-hybridized carbons (Fsp3) is 0.125. The molecule has 2 amide bonds. The maximum Gasteiger partial charge on any atom is 0.259 e. The van der Waals surface area contributed by atoms with E-state index in [4.69, 9.17) is 0 Å². The van der Waals surface area contributed by atoms with Crippen molar-refractivity contribution >= 4 is 27.7 Å². The second kappa shape index (κ2) is 4.13. The molecule has 0 bridgehead atoms. The van der Waals surface area contributed by atoms with Crippen LogP contribution in [0.3, 0.4) is 0 Å². The lowest BCUT2D eigenvalue weighted by Gasteiger charge is -1.99. The van der Waals surface area contributed by atoms with Gasteiger partial charge in [-0.25, -0.2) is 4.98 Å². The Morgan fingerprint density at radius 3 is 2.62 bits per heavy atom. The largest absolute Gasteiger partial charge is 0.293 e. The molecule has 1 N–H and O–H groups in total. The van der Waals surface area contributed by atoms with Crippen LogP contribution in [0.4, 0.5) is 0 Å². The number of pyridine rings is 1. The van der Waals surface area contributed by atoms with Crippen LogP contribution in [0.2, 0.25) is 0 Å². The lowest BCUT2D eigenvalue weighted by molar-refractivity contribution is -0.118. The summed E-state index contributed by atoms with van der Waals surface area (Å²) in [7, 11) is 0. The van der Waals surface area contributed by atoms with Gasteiger partial charge < -0.3 is 0 Å². The second-order valence-corrected chi connectivity index (χ2v) is 3.19. The van der Waals surface area contributed by atoms with Gasteiger partial charge in [-0.1, -0.05) is 0 Å². The van der Waals surface area contributed by atoms with Crippen LogP contribution in [0.25, 0.3) is 0 Å². The monoisotopic (exact) mass is 242 g/mol. The summed E-state index contributed by atoms with van der Waals surface area (Å²) in [5.41, 5.74) is 0.360. The number of nitrogens with one attached hydrogen (secondary N) is 1. The molecule has 13 heavy (non-hydrogen) atoms. The number of carbonyl (C=O) groups excluding carboxylic acids is 2. The standard InChI is InChI=1S/C8H7BrN2O2/c1-5(12)11-8(13)6-2-3-7(9)10-4-6/h2-4H,1H3,(H,11,12,13). The van der Waals surface area contributed by atoms with Crippen molar-refractivity contribution in [2.24, 2.45) is 0 Å². The van der Waals surface area contributed by atoms with Crippen LogP contribution in [0, 0.1) is 0 Å². The Morgan fingerprint density at radius 2 is 2.15 bits per heavy atom. The van der Waals surface area contributed by atoms with E-state index >= 15 is 0 Å².